The summed E-state index contributed by atoms with van der Waals surface area (Å²) < 4.78 is 37.9. The summed E-state index contributed by atoms with van der Waals surface area (Å²) in [5.41, 5.74) is 0. The monoisotopic (exact) mass is 411 g/mol. The number of hydrogen-bond acceptors (Lipinski definition) is 6. The molecule has 2 heterocycles. The molecule has 2 fully saturated rings. The van der Waals surface area contributed by atoms with E-state index < -0.39 is 10.0 Å². The van der Waals surface area contributed by atoms with Crippen LogP contribution in [0.1, 0.15) is 26.2 Å². The van der Waals surface area contributed by atoms with E-state index in [0.717, 1.165) is 25.9 Å². The van der Waals surface area contributed by atoms with Crippen LogP contribution in [0.15, 0.2) is 23.1 Å². The molecule has 2 saturated heterocycles. The number of likely N-dealkylation sites (tertiary alicyclic amines) is 1. The van der Waals surface area contributed by atoms with Gasteiger partial charge in [0.2, 0.25) is 0 Å². The number of amides is 1. The van der Waals surface area contributed by atoms with Gasteiger partial charge < -0.3 is 9.47 Å². The molecule has 0 saturated carbocycles. The maximum Gasteiger partial charge on any atom is 0.260 e. The first-order chi connectivity index (χ1) is 13.4. The minimum absolute atomic E-state index is 0.0802. The summed E-state index contributed by atoms with van der Waals surface area (Å²) >= 11 is 0. The quantitative estimate of drug-likeness (QED) is 0.707. The molecule has 0 aliphatic carbocycles. The highest BCUT2D eigenvalue weighted by molar-refractivity contribution is 7.89. The summed E-state index contributed by atoms with van der Waals surface area (Å²) in [5.74, 6) is 1.30. The highest BCUT2D eigenvalue weighted by atomic mass is 32.2. The fraction of sp³-hybridized carbons (Fsp3) is 0.632. The van der Waals surface area contributed by atoms with Crippen molar-refractivity contribution in [1.29, 1.82) is 0 Å². The van der Waals surface area contributed by atoms with Gasteiger partial charge in [-0.15, -0.1) is 4.41 Å². The zero-order valence-electron chi connectivity index (χ0n) is 16.8. The fourth-order valence-corrected chi connectivity index (χ4v) is 5.22. The van der Waals surface area contributed by atoms with Crippen LogP contribution < -0.4 is 9.47 Å². The first-order valence-corrected chi connectivity index (χ1v) is 11.1. The number of hydrogen-bond donors (Lipinski definition) is 0. The van der Waals surface area contributed by atoms with Crippen LogP contribution in [0.3, 0.4) is 0 Å². The van der Waals surface area contributed by atoms with Crippen molar-refractivity contribution in [2.75, 3.05) is 46.9 Å². The zero-order valence-corrected chi connectivity index (χ0v) is 17.6. The molecule has 28 heavy (non-hydrogen) atoms. The lowest BCUT2D eigenvalue weighted by Crippen LogP contribution is -2.49. The topological polar surface area (TPSA) is 79.4 Å². The van der Waals surface area contributed by atoms with Gasteiger partial charge in [0.15, 0.2) is 11.5 Å². The molecule has 156 valence electrons. The molecule has 2 aliphatic rings. The molecule has 0 bridgehead atoms. The number of benzene rings is 1. The van der Waals surface area contributed by atoms with E-state index in [1.807, 2.05) is 0 Å². The minimum atomic E-state index is -3.86. The van der Waals surface area contributed by atoms with Crippen LogP contribution in [0.25, 0.3) is 0 Å². The number of carbonyl (C=O) groups is 1. The second-order valence-electron chi connectivity index (χ2n) is 7.40. The van der Waals surface area contributed by atoms with Crippen LogP contribution in [0.4, 0.5) is 0 Å². The van der Waals surface area contributed by atoms with Crippen molar-refractivity contribution in [2.45, 2.75) is 31.1 Å². The van der Waals surface area contributed by atoms with Gasteiger partial charge in [0, 0.05) is 19.2 Å². The molecule has 0 unspecified atom stereocenters. The standard InChI is InChI=1S/C19H29N3O5S/c1-15-7-11-20(12-8-15)14-19(23)21-9-4-10-22(21)28(24,25)16-5-6-17(26-2)18(13-16)27-3/h5-6,13,15H,4,7-12,14H2,1-3H3. The Bertz CT molecular complexity index is 806. The van der Waals surface area contributed by atoms with Gasteiger partial charge in [-0.3, -0.25) is 14.7 Å². The second-order valence-corrected chi connectivity index (χ2v) is 9.24. The SMILES string of the molecule is COc1ccc(S(=O)(=O)N2CCCN2C(=O)CN2CCC(C)CC2)cc1OC. The molecule has 3 rings (SSSR count). The van der Waals surface area contributed by atoms with E-state index >= 15 is 0 Å². The van der Waals surface area contributed by atoms with Crippen LogP contribution in [0, 0.1) is 5.92 Å². The van der Waals surface area contributed by atoms with Crippen LogP contribution >= 0.6 is 0 Å². The van der Waals surface area contributed by atoms with Crippen LogP contribution in [-0.4, -0.2) is 75.6 Å². The molecule has 9 heteroatoms. The Morgan fingerprint density at radius 1 is 1.07 bits per heavy atom. The van der Waals surface area contributed by atoms with Crippen LogP contribution in [0.2, 0.25) is 0 Å². The van der Waals surface area contributed by atoms with Crippen LogP contribution in [0.5, 0.6) is 11.5 Å². The van der Waals surface area contributed by atoms with Gasteiger partial charge in [0.25, 0.3) is 15.9 Å². The number of piperidine rings is 1. The highest BCUT2D eigenvalue weighted by Crippen LogP contribution is 2.32. The average Bonchev–Trinajstić information content (AvgIpc) is 3.20. The molecular weight excluding hydrogens is 382 g/mol. The summed E-state index contributed by atoms with van der Waals surface area (Å²) in [6, 6.07) is 4.47. The van der Waals surface area contributed by atoms with Gasteiger partial charge in [0.05, 0.1) is 25.7 Å². The Morgan fingerprint density at radius 3 is 2.39 bits per heavy atom. The van der Waals surface area contributed by atoms with Crippen molar-refractivity contribution in [3.8, 4) is 11.5 Å². The van der Waals surface area contributed by atoms with E-state index in [-0.39, 0.29) is 17.3 Å². The molecule has 0 N–H and O–H groups in total. The van der Waals surface area contributed by atoms with Crippen molar-refractivity contribution in [2.24, 2.45) is 5.92 Å². The summed E-state index contributed by atoms with van der Waals surface area (Å²) in [6.07, 6.45) is 2.76. The van der Waals surface area contributed by atoms with Gasteiger partial charge in [-0.1, -0.05) is 6.92 Å². The van der Waals surface area contributed by atoms with Gasteiger partial charge in [-0.2, -0.15) is 0 Å². The number of methoxy groups -OCH3 is 2. The predicted octanol–water partition coefficient (Wildman–Crippen LogP) is 1.57. The van der Waals surface area contributed by atoms with E-state index in [4.69, 9.17) is 9.47 Å². The summed E-state index contributed by atoms with van der Waals surface area (Å²) in [4.78, 5) is 15.0. The van der Waals surface area contributed by atoms with Gasteiger partial charge in [0.1, 0.15) is 0 Å². The number of sulfonamides is 1. The molecule has 1 aromatic rings. The Balaban J connectivity index is 1.76. The first-order valence-electron chi connectivity index (χ1n) is 9.64. The lowest BCUT2D eigenvalue weighted by molar-refractivity contribution is -0.139. The van der Waals surface area contributed by atoms with Crippen molar-refractivity contribution >= 4 is 15.9 Å². The normalized spacial score (nSPS) is 19.8. The molecule has 2 aliphatic heterocycles. The van der Waals surface area contributed by atoms with Gasteiger partial charge in [-0.05, 0) is 50.4 Å². The van der Waals surface area contributed by atoms with Gasteiger partial charge >= 0.3 is 0 Å². The Labute approximate surface area is 167 Å². The van der Waals surface area contributed by atoms with Crippen molar-refractivity contribution in [1.82, 2.24) is 14.3 Å². The van der Waals surface area contributed by atoms with Crippen molar-refractivity contribution in [3.63, 3.8) is 0 Å². The second kappa shape index (κ2) is 8.67. The maximum atomic E-state index is 13.2. The smallest absolute Gasteiger partial charge is 0.260 e. The van der Waals surface area contributed by atoms with E-state index in [0.29, 0.717) is 36.9 Å². The third-order valence-corrected chi connectivity index (χ3v) is 7.23. The minimum Gasteiger partial charge on any atom is -0.493 e. The zero-order chi connectivity index (χ0) is 20.3. The summed E-state index contributed by atoms with van der Waals surface area (Å²) in [5, 5.41) is 1.38. The molecule has 0 aromatic heterocycles. The lowest BCUT2D eigenvalue weighted by atomic mass is 9.99. The number of carbonyl (C=O) groups excluding carboxylic acids is 1. The number of nitrogens with zero attached hydrogens (tertiary/aromatic N) is 3. The third kappa shape index (κ3) is 4.26. The summed E-state index contributed by atoms with van der Waals surface area (Å²) in [6.45, 7) is 4.93. The Kier molecular flexibility index (Phi) is 6.47. The summed E-state index contributed by atoms with van der Waals surface area (Å²) in [7, 11) is -0.904. The van der Waals surface area contributed by atoms with Crippen molar-refractivity contribution in [3.05, 3.63) is 18.2 Å². The molecular formula is C19H29N3O5S. The first kappa shape index (κ1) is 20.9. The molecule has 0 spiro atoms. The van der Waals surface area contributed by atoms with E-state index in [1.54, 1.807) is 6.07 Å². The fourth-order valence-electron chi connectivity index (χ4n) is 3.68. The molecule has 1 amide bonds. The Hall–Kier alpha value is -1.84. The van der Waals surface area contributed by atoms with Crippen LogP contribution in [-0.2, 0) is 14.8 Å². The van der Waals surface area contributed by atoms with Gasteiger partial charge in [-0.25, -0.2) is 8.42 Å². The largest absolute Gasteiger partial charge is 0.493 e. The predicted molar refractivity (Wildman–Crippen MR) is 105 cm³/mol. The van der Waals surface area contributed by atoms with E-state index in [1.165, 1.54) is 35.8 Å². The average molecular weight is 412 g/mol. The molecule has 0 radical (unpaired) electrons. The number of ether oxygens (including phenoxy) is 2. The molecule has 0 atom stereocenters. The van der Waals surface area contributed by atoms with E-state index in [2.05, 4.69) is 11.8 Å². The van der Waals surface area contributed by atoms with E-state index in [9.17, 15) is 13.2 Å². The number of rotatable bonds is 6. The Morgan fingerprint density at radius 2 is 1.75 bits per heavy atom. The lowest BCUT2D eigenvalue weighted by Gasteiger charge is -2.33. The van der Waals surface area contributed by atoms with Crippen molar-refractivity contribution < 1.29 is 22.7 Å². The third-order valence-electron chi connectivity index (χ3n) is 5.44. The molecule has 8 nitrogen and oxygen atoms in total. The number of hydrazine groups is 1. The highest BCUT2D eigenvalue weighted by Gasteiger charge is 2.37. The molecule has 1 aromatic carbocycles. The maximum absolute atomic E-state index is 13.2.